The number of pyridine rings is 1. The third-order valence-corrected chi connectivity index (χ3v) is 15.4. The molecule has 0 saturated carbocycles. The number of aromatic nitrogens is 3. The molecule has 10 aromatic rings. The summed E-state index contributed by atoms with van der Waals surface area (Å²) in [6, 6.07) is 60.5. The van der Waals surface area contributed by atoms with Crippen LogP contribution < -0.4 is 0 Å². The van der Waals surface area contributed by atoms with Crippen molar-refractivity contribution in [2.24, 2.45) is 0 Å². The molecular weight excluding hydrogens is 1100 g/mol. The van der Waals surface area contributed by atoms with Gasteiger partial charge in [-0.05, 0) is 22.2 Å². The van der Waals surface area contributed by atoms with Gasteiger partial charge in [0.05, 0.1) is 0 Å². The molecule has 0 fully saturated rings. The van der Waals surface area contributed by atoms with Gasteiger partial charge in [0, 0.05) is 32.1 Å². The smallest absolute Gasteiger partial charge is 0 e. The molecule has 0 aliphatic heterocycles. The molecule has 0 bridgehead atoms. The summed E-state index contributed by atoms with van der Waals surface area (Å²) < 4.78 is 17.8. The number of halogens is 1. The molecule has 0 unspecified atom stereocenters. The number of benzene rings is 7. The summed E-state index contributed by atoms with van der Waals surface area (Å²) >= 11 is -0.744. The minimum Gasteiger partial charge on any atom is 0 e. The van der Waals surface area contributed by atoms with E-state index in [1.807, 2.05) is 24.4 Å². The minimum atomic E-state index is -0.744. The Morgan fingerprint density at radius 1 is 0.697 bits per heavy atom. The maximum Gasteiger partial charge on any atom is 0 e. The van der Waals surface area contributed by atoms with Crippen LogP contribution in [0.25, 0.3) is 79.2 Å². The number of nitrogens with zero attached hydrogens (tertiary/aromatic N) is 4. The van der Waals surface area contributed by atoms with E-state index in [-0.39, 0.29) is 43.2 Å². The van der Waals surface area contributed by atoms with Crippen LogP contribution in [0.15, 0.2) is 158 Å². The molecule has 3 heterocycles. The van der Waals surface area contributed by atoms with E-state index in [1.54, 1.807) is 6.07 Å². The summed E-state index contributed by atoms with van der Waals surface area (Å²) in [5.74, 6) is 1.22. The van der Waals surface area contributed by atoms with E-state index in [1.165, 1.54) is 74.3 Å². The van der Waals surface area contributed by atoms with Crippen molar-refractivity contribution < 1.29 is 24.5 Å². The molecule has 0 aliphatic rings. The first kappa shape index (κ1) is 46.5. The van der Waals surface area contributed by atoms with Crippen molar-refractivity contribution in [2.75, 3.05) is 0 Å². The normalized spacial score (nSPS) is 11.5. The largest absolute Gasteiger partial charge is 0 e. The standard InChI is InChI=1S/C44H34N3Te.C15H15FN.Ir/c1-27(2)37-24-33(32-20-18-31(19-21-32)30-11-6-5-7-12-30)25-38(28(3)4)42(37)47-40-16-9-8-15-39(40)46-44(47)36-14-10-13-35-34-22-17-29(26-45)23-41(34)48-43(35)36;1-15(2,3)12-6-9-14(17-10-12)11-4-7-13(16)8-5-11;/h5-13,15-25,27-28H,1-4H3;4,6-10H,1-3H3;/q2*-1;. The molecule has 7 heteroatoms. The first-order chi connectivity index (χ1) is 31.4. The quantitative estimate of drug-likeness (QED) is 0.118. The third kappa shape index (κ3) is 9.35. The van der Waals surface area contributed by atoms with Gasteiger partial charge in [-0.15, -0.1) is 29.8 Å². The van der Waals surface area contributed by atoms with Crippen molar-refractivity contribution >= 4 is 49.0 Å². The molecule has 0 amide bonds. The Labute approximate surface area is 410 Å². The number of nitriles is 1. The fourth-order valence-corrected chi connectivity index (χ4v) is 12.0. The number of hydrogen-bond donors (Lipinski definition) is 0. The Morgan fingerprint density at radius 3 is 1.98 bits per heavy atom. The molecule has 329 valence electrons. The van der Waals surface area contributed by atoms with Gasteiger partial charge in [-0.3, -0.25) is 4.39 Å². The first-order valence-electron chi connectivity index (χ1n) is 22.1. The van der Waals surface area contributed by atoms with Crippen LogP contribution in [0.2, 0.25) is 0 Å². The summed E-state index contributed by atoms with van der Waals surface area (Å²) in [5.41, 5.74) is 15.5. The zero-order valence-corrected chi connectivity index (χ0v) is 42.8. The Morgan fingerprint density at radius 2 is 1.36 bits per heavy atom. The number of rotatable bonds is 7. The van der Waals surface area contributed by atoms with Gasteiger partial charge in [0.15, 0.2) is 0 Å². The SMILES string of the molecule is CC(C)(C)c1ccc(-c2[c-]cc(F)cc2)nc1.CC(C)c1cc(-c2ccc(-c3ccccc3)cc2)cc(C(C)C)c1-n1c(-c2[c-]ccc3c2[te]c2cc(C#N)ccc23)nc2ccccc21.[Ir]. The second kappa shape index (κ2) is 19.5. The van der Waals surface area contributed by atoms with Crippen LogP contribution in [-0.2, 0) is 25.5 Å². The Hall–Kier alpha value is -5.98. The van der Waals surface area contributed by atoms with Crippen molar-refractivity contribution in [1.29, 1.82) is 5.26 Å². The van der Waals surface area contributed by atoms with Gasteiger partial charge >= 0.3 is 257 Å². The zero-order valence-electron chi connectivity index (χ0n) is 38.1. The van der Waals surface area contributed by atoms with Crippen molar-refractivity contribution in [3.8, 4) is 56.7 Å². The monoisotopic (exact) mass is 1160 g/mol. The molecule has 0 N–H and O–H groups in total. The van der Waals surface area contributed by atoms with Crippen LogP contribution in [0.3, 0.4) is 0 Å². The van der Waals surface area contributed by atoms with Gasteiger partial charge in [-0.25, -0.2) is 0 Å². The van der Waals surface area contributed by atoms with E-state index >= 15 is 0 Å². The Kier molecular flexibility index (Phi) is 13.7. The van der Waals surface area contributed by atoms with Gasteiger partial charge in [0.2, 0.25) is 0 Å². The van der Waals surface area contributed by atoms with E-state index in [4.69, 9.17) is 4.98 Å². The summed E-state index contributed by atoms with van der Waals surface area (Å²) in [6.45, 7) is 15.6. The van der Waals surface area contributed by atoms with E-state index in [9.17, 15) is 9.65 Å². The van der Waals surface area contributed by atoms with Crippen LogP contribution in [-0.4, -0.2) is 35.0 Å². The maximum atomic E-state index is 12.8. The molecule has 66 heavy (non-hydrogen) atoms. The molecule has 7 aromatic carbocycles. The molecule has 1 radical (unpaired) electrons. The molecule has 0 atom stereocenters. The average molecular weight is 1150 g/mol. The Balaban J connectivity index is 0.000000278. The molecule has 0 spiro atoms. The van der Waals surface area contributed by atoms with Crippen LogP contribution >= 0.6 is 0 Å². The van der Waals surface area contributed by atoms with Gasteiger partial charge in [-0.2, -0.15) is 0 Å². The van der Waals surface area contributed by atoms with Crippen molar-refractivity contribution in [2.45, 2.75) is 65.7 Å². The van der Waals surface area contributed by atoms with Crippen LogP contribution in [0.5, 0.6) is 0 Å². The number of imidazole rings is 1. The van der Waals surface area contributed by atoms with Crippen LogP contribution in [0, 0.1) is 29.3 Å². The number of para-hydroxylation sites is 2. The predicted molar refractivity (Wildman–Crippen MR) is 268 cm³/mol. The molecule has 0 saturated heterocycles. The van der Waals surface area contributed by atoms with E-state index in [0.29, 0.717) is 0 Å². The van der Waals surface area contributed by atoms with E-state index < -0.39 is 20.4 Å². The molecule has 3 aromatic heterocycles. The topological polar surface area (TPSA) is 54.5 Å². The van der Waals surface area contributed by atoms with Crippen LogP contribution in [0.4, 0.5) is 4.39 Å². The van der Waals surface area contributed by atoms with Gasteiger partial charge in [0.25, 0.3) is 0 Å². The molecule has 0 aliphatic carbocycles. The van der Waals surface area contributed by atoms with Gasteiger partial charge in [-0.1, -0.05) is 63.2 Å². The molecular formula is C59H49FIrN4Te-2. The number of hydrogen-bond acceptors (Lipinski definition) is 3. The minimum absolute atomic E-state index is 0. The fraction of sp³-hybridized carbons (Fsp3) is 0.169. The van der Waals surface area contributed by atoms with Gasteiger partial charge < -0.3 is 4.98 Å². The van der Waals surface area contributed by atoms with E-state index in [0.717, 1.165) is 39.2 Å². The second-order valence-electron chi connectivity index (χ2n) is 18.1. The summed E-state index contributed by atoms with van der Waals surface area (Å²) in [4.78, 5) is 9.74. The average Bonchev–Trinajstić information content (AvgIpc) is 3.90. The van der Waals surface area contributed by atoms with E-state index in [2.05, 4.69) is 191 Å². The summed E-state index contributed by atoms with van der Waals surface area (Å²) in [5, 5.41) is 12.1. The number of fused-ring (bicyclic) bond motifs is 4. The van der Waals surface area contributed by atoms with Gasteiger partial charge in [0.1, 0.15) is 0 Å². The Bertz CT molecular complexity index is 3320. The molecule has 10 rings (SSSR count). The van der Waals surface area contributed by atoms with Crippen molar-refractivity contribution in [3.63, 3.8) is 0 Å². The maximum absolute atomic E-state index is 12.8. The second-order valence-corrected chi connectivity index (χ2v) is 21.1. The predicted octanol–water partition coefficient (Wildman–Crippen LogP) is 15.3. The van der Waals surface area contributed by atoms with Crippen LogP contribution in [0.1, 0.15) is 82.6 Å². The first-order valence-corrected chi connectivity index (χ1v) is 24.4. The van der Waals surface area contributed by atoms with Crippen molar-refractivity contribution in [3.05, 3.63) is 198 Å². The summed E-state index contributed by atoms with van der Waals surface area (Å²) in [6.07, 6.45) is 1.87. The third-order valence-electron chi connectivity index (χ3n) is 12.0. The zero-order chi connectivity index (χ0) is 45.4. The molecule has 4 nitrogen and oxygen atoms in total. The fourth-order valence-electron chi connectivity index (χ4n) is 8.43. The summed E-state index contributed by atoms with van der Waals surface area (Å²) in [7, 11) is 0. The van der Waals surface area contributed by atoms with Crippen molar-refractivity contribution in [1.82, 2.24) is 14.5 Å².